The highest BCUT2D eigenvalue weighted by Gasteiger charge is 1.93. The third kappa shape index (κ3) is 5.93. The summed E-state index contributed by atoms with van der Waals surface area (Å²) < 4.78 is 12.3. The molecule has 2 aromatic carbocycles. The minimum Gasteiger partial charge on any atom is -0.385 e. The number of rotatable bonds is 4. The molecule has 20 heavy (non-hydrogen) atoms. The second-order valence-corrected chi connectivity index (χ2v) is 4.45. The molecular weight excluding hydrogens is 275 g/mol. The third-order valence-electron chi connectivity index (χ3n) is 2.47. The van der Waals surface area contributed by atoms with Crippen LogP contribution in [0.3, 0.4) is 0 Å². The van der Waals surface area contributed by atoms with Crippen molar-refractivity contribution in [2.45, 2.75) is 13.8 Å². The van der Waals surface area contributed by atoms with Crippen molar-refractivity contribution in [3.05, 3.63) is 59.4 Å². The molecule has 0 aromatic heterocycles. The zero-order valence-electron chi connectivity index (χ0n) is 11.8. The van der Waals surface area contributed by atoms with E-state index in [9.17, 15) is 4.39 Å². The van der Waals surface area contributed by atoms with Crippen LogP contribution in [0.1, 0.15) is 13.8 Å². The van der Waals surface area contributed by atoms with E-state index in [2.05, 4.69) is 10.6 Å². The molecule has 0 aliphatic heterocycles. The summed E-state index contributed by atoms with van der Waals surface area (Å²) in [7, 11) is 0. The Morgan fingerprint density at radius 2 is 1.50 bits per heavy atom. The van der Waals surface area contributed by atoms with E-state index in [1.54, 1.807) is 12.1 Å². The number of anilines is 2. The first-order valence-corrected chi connectivity index (χ1v) is 7.03. The highest BCUT2D eigenvalue weighted by Crippen LogP contribution is 2.19. The number of para-hydroxylation sites is 1. The Balaban J connectivity index is 0.000000200. The Labute approximate surface area is 125 Å². The largest absolute Gasteiger partial charge is 0.385 e. The van der Waals surface area contributed by atoms with Crippen LogP contribution < -0.4 is 10.6 Å². The van der Waals surface area contributed by atoms with E-state index in [1.807, 2.05) is 38.1 Å². The van der Waals surface area contributed by atoms with Gasteiger partial charge in [0.25, 0.3) is 0 Å². The maximum Gasteiger partial charge on any atom is 0.123 e. The van der Waals surface area contributed by atoms with E-state index < -0.39 is 0 Å². The Hall–Kier alpha value is -1.74. The van der Waals surface area contributed by atoms with E-state index in [0.29, 0.717) is 0 Å². The lowest BCUT2D eigenvalue weighted by atomic mass is 10.3. The van der Waals surface area contributed by atoms with Crippen molar-refractivity contribution in [2.24, 2.45) is 0 Å². The molecule has 0 amide bonds. The van der Waals surface area contributed by atoms with E-state index >= 15 is 0 Å². The second-order valence-electron chi connectivity index (χ2n) is 4.05. The Kier molecular flexibility index (Phi) is 7.51. The van der Waals surface area contributed by atoms with Crippen molar-refractivity contribution in [2.75, 3.05) is 23.7 Å². The van der Waals surface area contributed by atoms with Crippen LogP contribution in [-0.2, 0) is 0 Å². The highest BCUT2D eigenvalue weighted by atomic mass is 35.5. The highest BCUT2D eigenvalue weighted by molar-refractivity contribution is 6.33. The van der Waals surface area contributed by atoms with Gasteiger partial charge in [0, 0.05) is 18.8 Å². The average Bonchev–Trinajstić information content (AvgIpc) is 2.45. The van der Waals surface area contributed by atoms with E-state index in [1.165, 1.54) is 12.1 Å². The second kappa shape index (κ2) is 9.21. The lowest BCUT2D eigenvalue weighted by Gasteiger charge is -2.03. The number of halogens is 2. The first-order chi connectivity index (χ1) is 9.67. The summed E-state index contributed by atoms with van der Waals surface area (Å²) in [6, 6.07) is 14.0. The molecule has 0 aliphatic rings. The molecule has 0 radical (unpaired) electrons. The number of hydrogen-bond acceptors (Lipinski definition) is 2. The van der Waals surface area contributed by atoms with Crippen LogP contribution in [0.25, 0.3) is 0 Å². The number of benzene rings is 2. The van der Waals surface area contributed by atoms with E-state index in [4.69, 9.17) is 11.6 Å². The van der Waals surface area contributed by atoms with Crippen LogP contribution in [0.2, 0.25) is 5.02 Å². The zero-order chi connectivity index (χ0) is 14.8. The quantitative estimate of drug-likeness (QED) is 0.826. The number of hydrogen-bond donors (Lipinski definition) is 2. The van der Waals surface area contributed by atoms with Crippen molar-refractivity contribution < 1.29 is 4.39 Å². The SMILES string of the molecule is CCNc1ccc(F)cc1.CCNc1ccccc1Cl. The molecule has 0 aliphatic carbocycles. The van der Waals surface area contributed by atoms with Gasteiger partial charge in [-0.1, -0.05) is 23.7 Å². The maximum absolute atomic E-state index is 12.3. The minimum atomic E-state index is -0.193. The van der Waals surface area contributed by atoms with Crippen molar-refractivity contribution >= 4 is 23.0 Å². The molecule has 0 fully saturated rings. The Bertz CT molecular complexity index is 500. The van der Waals surface area contributed by atoms with Crippen molar-refractivity contribution in [3.8, 4) is 0 Å². The lowest BCUT2D eigenvalue weighted by molar-refractivity contribution is 0.628. The molecule has 0 saturated carbocycles. The van der Waals surface area contributed by atoms with Crippen LogP contribution >= 0.6 is 11.6 Å². The monoisotopic (exact) mass is 294 g/mol. The molecule has 108 valence electrons. The smallest absolute Gasteiger partial charge is 0.123 e. The van der Waals surface area contributed by atoms with Crippen LogP contribution in [0.4, 0.5) is 15.8 Å². The molecule has 0 saturated heterocycles. The van der Waals surface area contributed by atoms with Gasteiger partial charge in [0.1, 0.15) is 5.82 Å². The van der Waals surface area contributed by atoms with Crippen molar-refractivity contribution in [1.82, 2.24) is 0 Å². The van der Waals surface area contributed by atoms with Crippen LogP contribution in [0.15, 0.2) is 48.5 Å². The molecule has 0 atom stereocenters. The van der Waals surface area contributed by atoms with Gasteiger partial charge in [0.2, 0.25) is 0 Å². The maximum atomic E-state index is 12.3. The summed E-state index contributed by atoms with van der Waals surface area (Å²) in [6.45, 7) is 5.82. The van der Waals surface area contributed by atoms with E-state index in [-0.39, 0.29) is 5.82 Å². The summed E-state index contributed by atoms with van der Waals surface area (Å²) in [5, 5.41) is 6.99. The summed E-state index contributed by atoms with van der Waals surface area (Å²) in [6.07, 6.45) is 0. The van der Waals surface area contributed by atoms with Gasteiger partial charge < -0.3 is 10.6 Å². The molecule has 2 aromatic rings. The van der Waals surface area contributed by atoms with Gasteiger partial charge in [-0.15, -0.1) is 0 Å². The zero-order valence-corrected chi connectivity index (χ0v) is 12.5. The summed E-state index contributed by atoms with van der Waals surface area (Å²) in [5.41, 5.74) is 1.97. The standard InChI is InChI=1S/C8H10ClN.C8H10FN/c1-2-10-8-6-4-3-5-7(8)9;1-2-10-8-5-3-7(9)4-6-8/h2*3-6,10H,2H2,1H3. The van der Waals surface area contributed by atoms with Crippen molar-refractivity contribution in [3.63, 3.8) is 0 Å². The molecule has 2 nitrogen and oxygen atoms in total. The third-order valence-corrected chi connectivity index (χ3v) is 2.80. The molecule has 0 spiro atoms. The van der Waals surface area contributed by atoms with Gasteiger partial charge in [-0.05, 0) is 50.2 Å². The summed E-state index contributed by atoms with van der Waals surface area (Å²) >= 11 is 5.84. The molecule has 4 heteroatoms. The Morgan fingerprint density at radius 1 is 0.900 bits per heavy atom. The fourth-order valence-corrected chi connectivity index (χ4v) is 1.77. The summed E-state index contributed by atoms with van der Waals surface area (Å²) in [4.78, 5) is 0. The summed E-state index contributed by atoms with van der Waals surface area (Å²) in [5.74, 6) is -0.193. The molecule has 2 N–H and O–H groups in total. The molecule has 2 rings (SSSR count). The average molecular weight is 295 g/mol. The van der Waals surface area contributed by atoms with Gasteiger partial charge in [-0.25, -0.2) is 4.39 Å². The number of nitrogens with one attached hydrogen (secondary N) is 2. The van der Waals surface area contributed by atoms with Crippen LogP contribution in [0, 0.1) is 5.82 Å². The Morgan fingerprint density at radius 3 is 2.05 bits per heavy atom. The van der Waals surface area contributed by atoms with Gasteiger partial charge >= 0.3 is 0 Å². The first-order valence-electron chi connectivity index (χ1n) is 6.65. The fourth-order valence-electron chi connectivity index (χ4n) is 1.57. The molecule has 0 bridgehead atoms. The minimum absolute atomic E-state index is 0.193. The normalized spacial score (nSPS) is 9.40. The van der Waals surface area contributed by atoms with Crippen LogP contribution in [0.5, 0.6) is 0 Å². The lowest BCUT2D eigenvalue weighted by Crippen LogP contribution is -1.95. The van der Waals surface area contributed by atoms with Crippen LogP contribution in [-0.4, -0.2) is 13.1 Å². The molecule has 0 heterocycles. The predicted molar refractivity (Wildman–Crippen MR) is 86.2 cm³/mol. The van der Waals surface area contributed by atoms with Gasteiger partial charge in [0.15, 0.2) is 0 Å². The fraction of sp³-hybridized carbons (Fsp3) is 0.250. The first kappa shape index (κ1) is 16.3. The topological polar surface area (TPSA) is 24.1 Å². The molecule has 0 unspecified atom stereocenters. The molecular formula is C16H20ClFN2. The van der Waals surface area contributed by atoms with Gasteiger partial charge in [-0.2, -0.15) is 0 Å². The van der Waals surface area contributed by atoms with E-state index in [0.717, 1.165) is 29.5 Å². The van der Waals surface area contributed by atoms with Gasteiger partial charge in [-0.3, -0.25) is 0 Å². The van der Waals surface area contributed by atoms with Crippen molar-refractivity contribution in [1.29, 1.82) is 0 Å². The van der Waals surface area contributed by atoms with Gasteiger partial charge in [0.05, 0.1) is 10.7 Å². The predicted octanol–water partition coefficient (Wildman–Crippen LogP) is 5.03.